The van der Waals surface area contributed by atoms with Gasteiger partial charge in [0.05, 0.1) is 18.6 Å². The summed E-state index contributed by atoms with van der Waals surface area (Å²) < 4.78 is 5.82. The average molecular weight is 1500 g/mol. The van der Waals surface area contributed by atoms with Crippen molar-refractivity contribution in [1.82, 2.24) is 52.8 Å². The number of carbonyl (C=O) groups excluding carboxylic acids is 12. The molecule has 2 aromatic rings. The summed E-state index contributed by atoms with van der Waals surface area (Å²) in [7, 11) is 0. The van der Waals surface area contributed by atoms with Crippen LogP contribution in [0, 0.1) is 5.92 Å². The van der Waals surface area contributed by atoms with Crippen LogP contribution >= 0.6 is 0 Å². The normalized spacial score (nSPS) is 21.7. The summed E-state index contributed by atoms with van der Waals surface area (Å²) in [6.45, 7) is 7.83. The molecule has 0 spiro atoms. The molecule has 11 amide bonds. The Morgan fingerprint density at radius 2 is 1.17 bits per heavy atom. The van der Waals surface area contributed by atoms with Gasteiger partial charge in [-0.15, -0.1) is 0 Å². The minimum Gasteiger partial charge on any atom is -0.508 e. The number of carbonyl (C=O) groups is 14. The number of unbranched alkanes of at least 4 members (excludes halogenated alkanes) is 10. The second kappa shape index (κ2) is 48.5. The maximum Gasteiger partial charge on any atom is 1.00 e. The van der Waals surface area contributed by atoms with Crippen LogP contribution in [0.25, 0.3) is 0 Å². The summed E-state index contributed by atoms with van der Waals surface area (Å²) in [6, 6.07) is -4.87. The fourth-order valence-corrected chi connectivity index (χ4v) is 12.1. The van der Waals surface area contributed by atoms with Gasteiger partial charge in [0.1, 0.15) is 71.9 Å². The van der Waals surface area contributed by atoms with Gasteiger partial charge in [0, 0.05) is 38.6 Å². The molecule has 0 unspecified atom stereocenters. The monoisotopic (exact) mass is 1500 g/mol. The summed E-state index contributed by atoms with van der Waals surface area (Å²) in [5.41, 5.74) is 12.0. The number of primary amides is 1. The number of phenols is 1. The summed E-state index contributed by atoms with van der Waals surface area (Å²) in [5, 5.41) is 74.1. The molecule has 0 aromatic heterocycles. The fraction of sp³-hybridized carbons (Fsp3) is 0.639. The number of nitrogens with zero attached hydrogens (tertiary/aromatic N) is 1. The standard InChI is InChI=1S/C72H110N12O20.K/c1-6-8-9-10-11-12-13-14-15-16-17-20-48(87)41-58(89)76-51(32-35-59(90)91)65(96)77-50(21-18-37-73)64(95)80-55-40-46-25-29-49(30-26-46)104-72(103)61(42(3)7-2)82-67(98)54(39-45-23-27-47(86)28-24-45)81-66(97)52(31-34-57(74)88)78-69(100)56-22-19-38-84(56)71(102)43(4)75-63(94)53(33-36-60(92)93)79-70(101)62(44(5)85)83-68(55)99;/h23-30,42-44,48,50-56,61-62,85-87H,6-22,31-41,73H2,1-5H3,(H2,74,88)(H,75,94)(H,76,89)(H,77,96)(H,78,100)(H,79,101)(H,80,95)(H,81,97)(H,82,98)(H,83,99)(H,90,91)(H,92,93);/q;+1/t42-,43+,44+,48+,50+,51-,52-,53-,54+,55-,56-,61-,62+;/m0./s1. The smallest absolute Gasteiger partial charge is 0.508 e. The number of amides is 11. The number of phenolic OH excluding ortho intramolecular Hbond substituents is 1. The zero-order valence-corrected chi connectivity index (χ0v) is 64.5. The van der Waals surface area contributed by atoms with Crippen molar-refractivity contribution in [3.8, 4) is 11.5 Å². The maximum absolute atomic E-state index is 14.8. The van der Waals surface area contributed by atoms with Crippen LogP contribution in [-0.4, -0.2) is 199 Å². The first-order chi connectivity index (χ1) is 49.4. The first-order valence-electron chi connectivity index (χ1n) is 36.3. The molecular formula is C72H110KN12O20+. The molecule has 1 saturated heterocycles. The number of hydrogen-bond donors (Lipinski definition) is 16. The summed E-state index contributed by atoms with van der Waals surface area (Å²) >= 11 is 0. The number of esters is 1. The van der Waals surface area contributed by atoms with Gasteiger partial charge in [-0.2, -0.15) is 0 Å². The SMILES string of the molecule is CCCCCCCCCCCCC[C@@H](O)CC(=O)N[C@@H](CCC(=O)O)C(=O)N[C@H](CCCN)C(=O)N[C@H]1Cc2ccc(cc2)OC(=O)[C@H]([C@@H](C)CC)NC(=O)[C@@H](Cc2ccc(O)cc2)NC(=O)[C@H](CCC(N)=O)NC(=O)[C@@H]2CCCN2C(=O)[C@@H](C)NC(=O)[C@H](CCC(=O)O)NC(=O)[C@@H]([C@@H](C)O)NC1=O.[K+]. The van der Waals surface area contributed by atoms with Crippen molar-refractivity contribution in [3.63, 3.8) is 0 Å². The van der Waals surface area contributed by atoms with Crippen molar-refractivity contribution >= 4 is 82.9 Å². The number of hydrogen-bond acceptors (Lipinski definition) is 19. The molecule has 105 heavy (non-hydrogen) atoms. The Bertz CT molecular complexity index is 3200. The molecule has 5 rings (SSSR count). The molecule has 3 aliphatic heterocycles. The largest absolute Gasteiger partial charge is 1.00 e. The Hall–Kier alpha value is -7.66. The Morgan fingerprint density at radius 3 is 1.75 bits per heavy atom. The average Bonchev–Trinajstić information content (AvgIpc) is 1.79. The maximum atomic E-state index is 14.8. The van der Waals surface area contributed by atoms with Crippen molar-refractivity contribution in [2.75, 3.05) is 13.1 Å². The van der Waals surface area contributed by atoms with Crippen LogP contribution in [0.4, 0.5) is 0 Å². The molecule has 0 aliphatic carbocycles. The molecule has 578 valence electrons. The number of aliphatic hydroxyl groups is 2. The summed E-state index contributed by atoms with van der Waals surface area (Å²) in [4.78, 5) is 195. The van der Waals surface area contributed by atoms with E-state index in [4.69, 9.17) is 16.2 Å². The number of aliphatic hydroxyl groups excluding tert-OH is 2. The van der Waals surface area contributed by atoms with E-state index >= 15 is 0 Å². The van der Waals surface area contributed by atoms with Gasteiger partial charge < -0.3 is 94.5 Å². The van der Waals surface area contributed by atoms with Crippen LogP contribution in [0.15, 0.2) is 48.5 Å². The number of aromatic hydroxyl groups is 1. The molecule has 2 aromatic carbocycles. The molecule has 32 nitrogen and oxygen atoms in total. The van der Waals surface area contributed by atoms with Gasteiger partial charge >= 0.3 is 69.3 Å². The Morgan fingerprint density at radius 1 is 0.619 bits per heavy atom. The molecule has 33 heteroatoms. The number of benzene rings is 2. The number of nitrogens with one attached hydrogen (secondary N) is 9. The van der Waals surface area contributed by atoms with Crippen LogP contribution in [0.1, 0.15) is 200 Å². The van der Waals surface area contributed by atoms with Gasteiger partial charge in [-0.1, -0.05) is 122 Å². The van der Waals surface area contributed by atoms with Crippen LogP contribution in [0.3, 0.4) is 0 Å². The summed E-state index contributed by atoms with van der Waals surface area (Å²) in [5.74, 6) is -15.4. The molecule has 3 heterocycles. The first-order valence-corrected chi connectivity index (χ1v) is 36.3. The summed E-state index contributed by atoms with van der Waals surface area (Å²) in [6.07, 6.45) is 5.34. The quantitative estimate of drug-likeness (QED) is 0.0116. The third kappa shape index (κ3) is 33.3. The molecule has 18 N–H and O–H groups in total. The number of fused-ring (bicyclic) bond motifs is 23. The van der Waals surface area contributed by atoms with Crippen molar-refractivity contribution in [2.45, 2.75) is 274 Å². The number of rotatable bonds is 36. The predicted molar refractivity (Wildman–Crippen MR) is 379 cm³/mol. The van der Waals surface area contributed by atoms with E-state index in [-0.39, 0.29) is 114 Å². The minimum absolute atomic E-state index is 0. The number of nitrogens with two attached hydrogens (primary N) is 2. The number of carboxylic acid groups (broad SMARTS) is 2. The second-order valence-corrected chi connectivity index (χ2v) is 27.1. The Labute approximate surface area is 655 Å². The van der Waals surface area contributed by atoms with Crippen molar-refractivity contribution in [3.05, 3.63) is 59.7 Å². The van der Waals surface area contributed by atoms with Crippen LogP contribution in [0.2, 0.25) is 0 Å². The van der Waals surface area contributed by atoms with Crippen molar-refractivity contribution in [2.24, 2.45) is 17.4 Å². The zero-order valence-electron chi connectivity index (χ0n) is 61.4. The van der Waals surface area contributed by atoms with E-state index in [1.165, 1.54) is 87.6 Å². The molecule has 1 fully saturated rings. The van der Waals surface area contributed by atoms with E-state index in [9.17, 15) is 92.7 Å². The van der Waals surface area contributed by atoms with E-state index < -0.39 is 213 Å². The van der Waals surface area contributed by atoms with Crippen LogP contribution < -0.4 is 115 Å². The molecule has 13 atom stereocenters. The number of carboxylic acids is 2. The second-order valence-electron chi connectivity index (χ2n) is 27.1. The third-order valence-corrected chi connectivity index (χ3v) is 18.4. The van der Waals surface area contributed by atoms with Crippen LogP contribution in [0.5, 0.6) is 11.5 Å². The van der Waals surface area contributed by atoms with Crippen LogP contribution in [-0.2, 0) is 80.0 Å². The van der Waals surface area contributed by atoms with E-state index in [2.05, 4.69) is 54.8 Å². The molecule has 0 saturated carbocycles. The third-order valence-electron chi connectivity index (χ3n) is 18.4. The minimum atomic E-state index is -1.98. The van der Waals surface area contributed by atoms with Crippen molar-refractivity contribution < 1.29 is 149 Å². The molecule has 2 bridgehead atoms. The number of aliphatic carboxylic acids is 2. The first kappa shape index (κ1) is 91.5. The number of ether oxygens (including phenoxy) is 1. The van der Waals surface area contributed by atoms with Gasteiger partial charge in [0.25, 0.3) is 0 Å². The molecular weight excluding hydrogens is 1390 g/mol. The van der Waals surface area contributed by atoms with Gasteiger partial charge in [-0.25, -0.2) is 4.79 Å². The van der Waals surface area contributed by atoms with Gasteiger partial charge in [-0.3, -0.25) is 62.3 Å². The molecule has 0 radical (unpaired) electrons. The van der Waals surface area contributed by atoms with E-state index in [1.54, 1.807) is 13.8 Å². The topological polar surface area (TPSA) is 513 Å². The van der Waals surface area contributed by atoms with E-state index in [0.29, 0.717) is 24.8 Å². The van der Waals surface area contributed by atoms with E-state index in [1.807, 2.05) is 0 Å². The van der Waals surface area contributed by atoms with Gasteiger partial charge in [0.15, 0.2) is 0 Å². The molecule has 3 aliphatic rings. The van der Waals surface area contributed by atoms with E-state index in [0.717, 1.165) is 43.9 Å². The van der Waals surface area contributed by atoms with Crippen molar-refractivity contribution in [1.29, 1.82) is 0 Å². The fourth-order valence-electron chi connectivity index (χ4n) is 12.1. The Kier molecular flexibility index (Phi) is 42.3. The Balaban J connectivity index is 0.0000286. The zero-order chi connectivity index (χ0) is 77.0. The van der Waals surface area contributed by atoms with Gasteiger partial charge in [0.2, 0.25) is 65.0 Å². The van der Waals surface area contributed by atoms with Gasteiger partial charge in [-0.05, 0) is 113 Å². The predicted octanol–water partition coefficient (Wildman–Crippen LogP) is -1.91.